The van der Waals surface area contributed by atoms with Gasteiger partial charge in [-0.2, -0.15) is 8.42 Å². The normalized spacial score (nSPS) is 17.7. The van der Waals surface area contributed by atoms with Crippen LogP contribution in [0.2, 0.25) is 0 Å². The highest BCUT2D eigenvalue weighted by Crippen LogP contribution is 2.37. The van der Waals surface area contributed by atoms with Crippen molar-refractivity contribution >= 4 is 10.1 Å². The van der Waals surface area contributed by atoms with Gasteiger partial charge in [0.2, 0.25) is 0 Å². The zero-order chi connectivity index (χ0) is 13.2. The maximum absolute atomic E-state index is 11.4. The third-order valence-electron chi connectivity index (χ3n) is 3.54. The van der Waals surface area contributed by atoms with Crippen molar-refractivity contribution in [2.24, 2.45) is 0 Å². The van der Waals surface area contributed by atoms with Crippen LogP contribution in [-0.4, -0.2) is 20.1 Å². The van der Waals surface area contributed by atoms with Gasteiger partial charge in [-0.05, 0) is 42.5 Å². The molecule has 1 aliphatic carbocycles. The lowest BCUT2D eigenvalue weighted by atomic mass is 9.84. The van der Waals surface area contributed by atoms with Gasteiger partial charge in [-0.3, -0.25) is 4.55 Å². The summed E-state index contributed by atoms with van der Waals surface area (Å²) in [5.41, 5.74) is 0.691. The molecule has 0 heterocycles. The summed E-state index contributed by atoms with van der Waals surface area (Å²) in [7, 11) is -2.61. The van der Waals surface area contributed by atoms with Crippen LogP contribution in [0.1, 0.15) is 43.6 Å². The van der Waals surface area contributed by atoms with Gasteiger partial charge in [0, 0.05) is 0 Å². The zero-order valence-corrected chi connectivity index (χ0v) is 11.2. The van der Waals surface area contributed by atoms with E-state index in [1.54, 1.807) is 19.2 Å². The third kappa shape index (κ3) is 2.84. The summed E-state index contributed by atoms with van der Waals surface area (Å²) >= 11 is 0. The molecule has 0 atom stereocenters. The predicted octanol–water partition coefficient (Wildman–Crippen LogP) is 2.99. The molecule has 5 heteroatoms. The van der Waals surface area contributed by atoms with Crippen molar-refractivity contribution in [3.05, 3.63) is 23.8 Å². The van der Waals surface area contributed by atoms with E-state index in [4.69, 9.17) is 4.74 Å². The molecule has 1 aromatic carbocycles. The van der Waals surface area contributed by atoms with Crippen LogP contribution >= 0.6 is 0 Å². The second-order valence-electron chi connectivity index (χ2n) is 4.71. The molecule has 1 fully saturated rings. The fourth-order valence-electron chi connectivity index (χ4n) is 2.62. The van der Waals surface area contributed by atoms with E-state index in [2.05, 4.69) is 0 Å². The van der Waals surface area contributed by atoms with Gasteiger partial charge in [-0.1, -0.05) is 19.3 Å². The summed E-state index contributed by atoms with van der Waals surface area (Å²) in [6.45, 7) is 0. The Balaban J connectivity index is 2.46. The molecule has 1 N–H and O–H groups in total. The summed E-state index contributed by atoms with van der Waals surface area (Å²) in [5, 5.41) is 0. The molecule has 0 radical (unpaired) electrons. The molecular weight excluding hydrogens is 252 g/mol. The van der Waals surface area contributed by atoms with Gasteiger partial charge in [0.1, 0.15) is 5.75 Å². The van der Waals surface area contributed by atoms with Gasteiger partial charge in [-0.25, -0.2) is 0 Å². The standard InChI is InChI=1S/C13H18O4S/c1-17-11-7-8-13(18(14,15)16)12(9-11)10-5-3-2-4-6-10/h7-10H,2-6H2,1H3,(H,14,15,16). The van der Waals surface area contributed by atoms with E-state index in [1.165, 1.54) is 12.5 Å². The maximum Gasteiger partial charge on any atom is 0.294 e. The Hall–Kier alpha value is -1.07. The van der Waals surface area contributed by atoms with E-state index in [9.17, 15) is 13.0 Å². The Morgan fingerprint density at radius 2 is 1.89 bits per heavy atom. The largest absolute Gasteiger partial charge is 0.497 e. The number of methoxy groups -OCH3 is 1. The van der Waals surface area contributed by atoms with Crippen molar-refractivity contribution in [1.29, 1.82) is 0 Å². The average molecular weight is 270 g/mol. The highest BCUT2D eigenvalue weighted by molar-refractivity contribution is 7.85. The van der Waals surface area contributed by atoms with Crippen molar-refractivity contribution in [3.8, 4) is 5.75 Å². The first-order valence-corrected chi connectivity index (χ1v) is 7.62. The van der Waals surface area contributed by atoms with Crippen molar-refractivity contribution in [1.82, 2.24) is 0 Å². The quantitative estimate of drug-likeness (QED) is 0.858. The highest BCUT2D eigenvalue weighted by Gasteiger charge is 2.24. The van der Waals surface area contributed by atoms with Gasteiger partial charge in [0.25, 0.3) is 10.1 Å². The fourth-order valence-corrected chi connectivity index (χ4v) is 3.38. The highest BCUT2D eigenvalue weighted by atomic mass is 32.2. The summed E-state index contributed by atoms with van der Waals surface area (Å²) in [6, 6.07) is 4.73. The van der Waals surface area contributed by atoms with Gasteiger partial charge in [-0.15, -0.1) is 0 Å². The molecular formula is C13H18O4S. The summed E-state index contributed by atoms with van der Waals surface area (Å²) < 4.78 is 37.3. The minimum absolute atomic E-state index is 0.0233. The van der Waals surface area contributed by atoms with Crippen LogP contribution in [0, 0.1) is 0 Å². The van der Waals surface area contributed by atoms with Crippen molar-refractivity contribution < 1.29 is 17.7 Å². The monoisotopic (exact) mass is 270 g/mol. The third-order valence-corrected chi connectivity index (χ3v) is 4.47. The van der Waals surface area contributed by atoms with E-state index in [1.807, 2.05) is 0 Å². The first kappa shape index (κ1) is 13.4. The van der Waals surface area contributed by atoms with Crippen LogP contribution in [0.4, 0.5) is 0 Å². The summed E-state index contributed by atoms with van der Waals surface area (Å²) in [6.07, 6.45) is 5.34. The van der Waals surface area contributed by atoms with Crippen LogP contribution in [0.25, 0.3) is 0 Å². The molecule has 2 rings (SSSR count). The maximum atomic E-state index is 11.4. The lowest BCUT2D eigenvalue weighted by Crippen LogP contribution is -2.10. The van der Waals surface area contributed by atoms with Gasteiger partial charge < -0.3 is 4.74 Å². The number of ether oxygens (including phenoxy) is 1. The Morgan fingerprint density at radius 3 is 2.44 bits per heavy atom. The van der Waals surface area contributed by atoms with E-state index in [-0.39, 0.29) is 10.8 Å². The molecule has 0 unspecified atom stereocenters. The first-order valence-electron chi connectivity index (χ1n) is 6.18. The molecule has 0 saturated heterocycles. The minimum Gasteiger partial charge on any atom is -0.497 e. The molecule has 4 nitrogen and oxygen atoms in total. The van der Waals surface area contributed by atoms with Gasteiger partial charge in [0.05, 0.1) is 12.0 Å². The van der Waals surface area contributed by atoms with Gasteiger partial charge in [0.15, 0.2) is 0 Å². The Labute approximate surface area is 108 Å². The number of benzene rings is 1. The Bertz CT molecular complexity index is 516. The average Bonchev–Trinajstić information content (AvgIpc) is 2.38. The molecule has 0 aliphatic heterocycles. The van der Waals surface area contributed by atoms with E-state index in [0.29, 0.717) is 11.3 Å². The van der Waals surface area contributed by atoms with E-state index in [0.717, 1.165) is 25.7 Å². The summed E-state index contributed by atoms with van der Waals surface area (Å²) in [5.74, 6) is 0.828. The predicted molar refractivity (Wildman–Crippen MR) is 68.6 cm³/mol. The lowest BCUT2D eigenvalue weighted by Gasteiger charge is -2.23. The number of rotatable bonds is 3. The van der Waals surface area contributed by atoms with Crippen LogP contribution in [-0.2, 0) is 10.1 Å². The minimum atomic E-state index is -4.16. The van der Waals surface area contributed by atoms with E-state index < -0.39 is 10.1 Å². The molecule has 0 aromatic heterocycles. The van der Waals surface area contributed by atoms with Crippen LogP contribution in [0.15, 0.2) is 23.1 Å². The molecule has 0 amide bonds. The molecule has 1 aliphatic rings. The Kier molecular flexibility index (Phi) is 3.92. The lowest BCUT2D eigenvalue weighted by molar-refractivity contribution is 0.406. The molecule has 1 aromatic rings. The molecule has 18 heavy (non-hydrogen) atoms. The van der Waals surface area contributed by atoms with Crippen molar-refractivity contribution in [2.75, 3.05) is 7.11 Å². The van der Waals surface area contributed by atoms with Gasteiger partial charge >= 0.3 is 0 Å². The fraction of sp³-hybridized carbons (Fsp3) is 0.538. The second-order valence-corrected chi connectivity index (χ2v) is 6.10. The first-order chi connectivity index (χ1) is 8.52. The van der Waals surface area contributed by atoms with E-state index >= 15 is 0 Å². The number of hydrogen-bond donors (Lipinski definition) is 1. The number of hydrogen-bond acceptors (Lipinski definition) is 3. The Morgan fingerprint density at radius 1 is 1.22 bits per heavy atom. The summed E-state index contributed by atoms with van der Waals surface area (Å²) in [4.78, 5) is 0.0233. The molecule has 0 spiro atoms. The van der Waals surface area contributed by atoms with Crippen molar-refractivity contribution in [3.63, 3.8) is 0 Å². The molecule has 0 bridgehead atoms. The molecule has 100 valence electrons. The SMILES string of the molecule is COc1ccc(S(=O)(=O)O)c(C2CCCCC2)c1. The smallest absolute Gasteiger partial charge is 0.294 e. The second kappa shape index (κ2) is 5.28. The molecule has 1 saturated carbocycles. The zero-order valence-electron chi connectivity index (χ0n) is 10.4. The van der Waals surface area contributed by atoms with Crippen LogP contribution < -0.4 is 4.74 Å². The van der Waals surface area contributed by atoms with Crippen LogP contribution in [0.5, 0.6) is 5.75 Å². The topological polar surface area (TPSA) is 63.6 Å². The van der Waals surface area contributed by atoms with Crippen LogP contribution in [0.3, 0.4) is 0 Å². The van der Waals surface area contributed by atoms with Crippen molar-refractivity contribution in [2.45, 2.75) is 42.9 Å².